The Labute approximate surface area is 111 Å². The van der Waals surface area contributed by atoms with Crippen molar-refractivity contribution in [1.82, 2.24) is 3.56 Å². The third kappa shape index (κ3) is 1.86. The Morgan fingerprint density at radius 2 is 1.67 bits per heavy atom. The van der Waals surface area contributed by atoms with Gasteiger partial charge in [-0.05, 0) is 0 Å². The van der Waals surface area contributed by atoms with Crippen molar-refractivity contribution in [2.75, 3.05) is 0 Å². The Hall–Kier alpha value is -1.57. The predicted molar refractivity (Wildman–Crippen MR) is 75.4 cm³/mol. The third-order valence-electron chi connectivity index (χ3n) is 3.15. The van der Waals surface area contributed by atoms with E-state index in [1.807, 2.05) is 40.0 Å². The molecule has 2 aromatic carbocycles. The molecule has 90 valence electrons. The van der Waals surface area contributed by atoms with Gasteiger partial charge in [-0.3, -0.25) is 0 Å². The topological polar surface area (TPSA) is 22.0 Å². The molecule has 0 saturated carbocycles. The number of nitrogens with zero attached hydrogens (tertiary/aromatic N) is 1. The van der Waals surface area contributed by atoms with E-state index in [2.05, 4.69) is 25.1 Å². The van der Waals surface area contributed by atoms with Gasteiger partial charge >= 0.3 is 111 Å². The first-order valence-electron chi connectivity index (χ1n) is 5.93. The first-order valence-corrected chi connectivity index (χ1v) is 7.55. The number of hydrogen-bond acceptors (Lipinski definition) is 1. The van der Waals surface area contributed by atoms with Crippen molar-refractivity contribution >= 4 is 24.4 Å². The van der Waals surface area contributed by atoms with Crippen LogP contribution in [0.3, 0.4) is 0 Å². The van der Waals surface area contributed by atoms with Gasteiger partial charge in [0.25, 0.3) is 0 Å². The van der Waals surface area contributed by atoms with E-state index in [0.29, 0.717) is 0 Å². The summed E-state index contributed by atoms with van der Waals surface area (Å²) in [5.74, 6) is 0. The standard InChI is InChI=1S/C15H13NOSe/c1-11(12-7-3-2-4-8-12)16-15(17)13-9-5-6-10-14(13)18-16/h2-11H,1H3/t11-/m1/s1. The molecule has 0 bridgehead atoms. The van der Waals surface area contributed by atoms with Gasteiger partial charge in [-0.1, -0.05) is 0 Å². The molecular formula is C15H13NOSe. The summed E-state index contributed by atoms with van der Waals surface area (Å²) in [6.45, 7) is 2.10. The van der Waals surface area contributed by atoms with Crippen LogP contribution in [0.15, 0.2) is 59.4 Å². The van der Waals surface area contributed by atoms with E-state index >= 15 is 0 Å². The van der Waals surface area contributed by atoms with Crippen LogP contribution in [0.25, 0.3) is 9.65 Å². The van der Waals surface area contributed by atoms with Gasteiger partial charge in [-0.25, -0.2) is 0 Å². The molecule has 0 unspecified atom stereocenters. The number of hydrogen-bond donors (Lipinski definition) is 0. The minimum absolute atomic E-state index is 0.100. The molecule has 3 rings (SSSR count). The fourth-order valence-corrected chi connectivity index (χ4v) is 4.35. The summed E-state index contributed by atoms with van der Waals surface area (Å²) in [6, 6.07) is 18.3. The molecule has 18 heavy (non-hydrogen) atoms. The molecular weight excluding hydrogens is 289 g/mol. The van der Waals surface area contributed by atoms with Crippen molar-refractivity contribution in [1.29, 1.82) is 0 Å². The molecule has 1 atom stereocenters. The Morgan fingerprint density at radius 3 is 2.39 bits per heavy atom. The van der Waals surface area contributed by atoms with E-state index in [-0.39, 0.29) is 26.3 Å². The molecule has 1 aromatic heterocycles. The second kappa shape index (κ2) is 4.60. The molecule has 1 heterocycles. The van der Waals surface area contributed by atoms with Crippen molar-refractivity contribution in [2.24, 2.45) is 0 Å². The van der Waals surface area contributed by atoms with Crippen molar-refractivity contribution in [3.8, 4) is 0 Å². The van der Waals surface area contributed by atoms with Crippen LogP contribution in [0.4, 0.5) is 0 Å². The van der Waals surface area contributed by atoms with Crippen molar-refractivity contribution in [3.05, 3.63) is 70.5 Å². The molecule has 0 aliphatic carbocycles. The molecule has 3 heteroatoms. The summed E-state index contributed by atoms with van der Waals surface area (Å²) >= 11 is 0.100. The van der Waals surface area contributed by atoms with Crippen LogP contribution in [0.5, 0.6) is 0 Å². The summed E-state index contributed by atoms with van der Waals surface area (Å²) in [6.07, 6.45) is 0. The van der Waals surface area contributed by atoms with Gasteiger partial charge in [-0.15, -0.1) is 0 Å². The molecule has 0 N–H and O–H groups in total. The summed E-state index contributed by atoms with van der Waals surface area (Å²) in [5, 5.41) is 0.875. The van der Waals surface area contributed by atoms with E-state index in [1.54, 1.807) is 0 Å². The molecule has 0 saturated heterocycles. The number of benzene rings is 2. The second-order valence-electron chi connectivity index (χ2n) is 4.31. The normalized spacial score (nSPS) is 12.7. The SMILES string of the molecule is C[C@H](c1ccccc1)n1[se]c2ccccc2c1=O. The van der Waals surface area contributed by atoms with E-state index in [4.69, 9.17) is 0 Å². The Bertz CT molecular complexity index is 727. The van der Waals surface area contributed by atoms with Gasteiger partial charge in [0, 0.05) is 0 Å². The first kappa shape index (κ1) is 11.5. The Morgan fingerprint density at radius 1 is 1.00 bits per heavy atom. The first-order chi connectivity index (χ1) is 8.77. The Kier molecular flexibility index (Phi) is 2.94. The second-order valence-corrected chi connectivity index (χ2v) is 6.44. The molecule has 0 aliphatic heterocycles. The molecule has 2 nitrogen and oxygen atoms in total. The van der Waals surface area contributed by atoms with Crippen LogP contribution < -0.4 is 5.56 Å². The van der Waals surface area contributed by atoms with E-state index in [9.17, 15) is 4.79 Å². The maximum atomic E-state index is 12.4. The summed E-state index contributed by atoms with van der Waals surface area (Å²) in [4.78, 5) is 12.4. The zero-order valence-corrected chi connectivity index (χ0v) is 11.8. The molecule has 0 amide bonds. The molecule has 0 spiro atoms. The average Bonchev–Trinajstić information content (AvgIpc) is 2.77. The van der Waals surface area contributed by atoms with Gasteiger partial charge < -0.3 is 0 Å². The maximum absolute atomic E-state index is 12.4. The van der Waals surface area contributed by atoms with E-state index in [1.165, 1.54) is 9.82 Å². The van der Waals surface area contributed by atoms with Gasteiger partial charge in [-0.2, -0.15) is 0 Å². The zero-order valence-electron chi connectivity index (χ0n) is 10.0. The van der Waals surface area contributed by atoms with Gasteiger partial charge in [0.05, 0.1) is 0 Å². The van der Waals surface area contributed by atoms with Gasteiger partial charge in [0.2, 0.25) is 0 Å². The zero-order chi connectivity index (χ0) is 12.5. The van der Waals surface area contributed by atoms with Crippen LogP contribution in [0.2, 0.25) is 0 Å². The molecule has 3 aromatic rings. The summed E-state index contributed by atoms with van der Waals surface area (Å²) in [5.41, 5.74) is 1.36. The molecule has 0 radical (unpaired) electrons. The van der Waals surface area contributed by atoms with Gasteiger partial charge in [0.1, 0.15) is 0 Å². The van der Waals surface area contributed by atoms with Gasteiger partial charge in [0.15, 0.2) is 0 Å². The van der Waals surface area contributed by atoms with Crippen molar-refractivity contribution in [2.45, 2.75) is 13.0 Å². The minimum atomic E-state index is 0.100. The van der Waals surface area contributed by atoms with Crippen LogP contribution in [0.1, 0.15) is 18.5 Å². The van der Waals surface area contributed by atoms with Crippen LogP contribution in [0, 0.1) is 0 Å². The number of rotatable bonds is 2. The van der Waals surface area contributed by atoms with Crippen LogP contribution >= 0.6 is 0 Å². The predicted octanol–water partition coefficient (Wildman–Crippen LogP) is 2.67. The van der Waals surface area contributed by atoms with E-state index in [0.717, 1.165) is 5.39 Å². The van der Waals surface area contributed by atoms with Crippen molar-refractivity contribution < 1.29 is 0 Å². The molecule has 0 aliphatic rings. The number of fused-ring (bicyclic) bond motifs is 1. The van der Waals surface area contributed by atoms with Crippen LogP contribution in [-0.4, -0.2) is 18.3 Å². The average molecular weight is 302 g/mol. The fourth-order valence-electron chi connectivity index (χ4n) is 2.11. The quantitative estimate of drug-likeness (QED) is 0.667. The van der Waals surface area contributed by atoms with E-state index < -0.39 is 0 Å². The Balaban J connectivity index is 2.15. The summed E-state index contributed by atoms with van der Waals surface area (Å²) < 4.78 is 3.19. The van der Waals surface area contributed by atoms with Crippen molar-refractivity contribution in [3.63, 3.8) is 0 Å². The monoisotopic (exact) mass is 303 g/mol. The fraction of sp³-hybridized carbons (Fsp3) is 0.133. The molecule has 0 fully saturated rings. The summed E-state index contributed by atoms with van der Waals surface area (Å²) in [7, 11) is 0. The van der Waals surface area contributed by atoms with Crippen LogP contribution in [-0.2, 0) is 0 Å². The number of aromatic nitrogens is 1. The third-order valence-corrected chi connectivity index (χ3v) is 5.73.